The van der Waals surface area contributed by atoms with Gasteiger partial charge in [-0.1, -0.05) is 0 Å². The Morgan fingerprint density at radius 3 is 3.00 bits per heavy atom. The summed E-state index contributed by atoms with van der Waals surface area (Å²) < 4.78 is 6.26. The zero-order chi connectivity index (χ0) is 11.5. The summed E-state index contributed by atoms with van der Waals surface area (Å²) in [7, 11) is 1.33. The third kappa shape index (κ3) is 2.04. The van der Waals surface area contributed by atoms with Gasteiger partial charge in [0.15, 0.2) is 0 Å². The third-order valence-corrected chi connectivity index (χ3v) is 2.17. The predicted octanol–water partition coefficient (Wildman–Crippen LogP) is 1.71. The topological polar surface area (TPSA) is 57.0 Å². The number of hydrogen-bond donors (Lipinski definition) is 0. The van der Waals surface area contributed by atoms with Crippen LogP contribution in [-0.4, -0.2) is 27.6 Å². The summed E-state index contributed by atoms with van der Waals surface area (Å²) in [6, 6.07) is 3.33. The van der Waals surface area contributed by atoms with Crippen LogP contribution < -0.4 is 0 Å². The van der Waals surface area contributed by atoms with Crippen molar-refractivity contribution in [2.75, 3.05) is 7.11 Å². The molecule has 0 radical (unpaired) electrons. The monoisotopic (exact) mass is 237 g/mol. The van der Waals surface area contributed by atoms with E-state index in [1.54, 1.807) is 35.3 Å². The van der Waals surface area contributed by atoms with Gasteiger partial charge in [0.05, 0.1) is 12.7 Å². The zero-order valence-corrected chi connectivity index (χ0v) is 9.18. The van der Waals surface area contributed by atoms with Gasteiger partial charge in [-0.2, -0.15) is 4.98 Å². The lowest BCUT2D eigenvalue weighted by Gasteiger charge is -2.00. The lowest BCUT2D eigenvalue weighted by molar-refractivity contribution is 0.0601. The highest BCUT2D eigenvalue weighted by Crippen LogP contribution is 2.10. The van der Waals surface area contributed by atoms with E-state index in [1.165, 1.54) is 7.11 Å². The van der Waals surface area contributed by atoms with Crippen LogP contribution >= 0.6 is 11.6 Å². The van der Waals surface area contributed by atoms with Crippen LogP contribution in [0.4, 0.5) is 0 Å². The molecule has 0 saturated carbocycles. The summed E-state index contributed by atoms with van der Waals surface area (Å²) >= 11 is 5.66. The minimum atomic E-state index is -0.390. The molecule has 82 valence electrons. The average molecular weight is 238 g/mol. The van der Waals surface area contributed by atoms with Gasteiger partial charge in [-0.05, 0) is 23.7 Å². The molecular formula is C10H8ClN3O2. The van der Waals surface area contributed by atoms with Crippen LogP contribution in [0.25, 0.3) is 5.82 Å². The highest BCUT2D eigenvalue weighted by atomic mass is 35.5. The van der Waals surface area contributed by atoms with Gasteiger partial charge >= 0.3 is 5.97 Å². The Hall–Kier alpha value is -1.88. The number of carbonyl (C=O) groups excluding carboxylic acids is 1. The molecule has 0 aliphatic rings. The van der Waals surface area contributed by atoms with Crippen molar-refractivity contribution in [3.8, 4) is 5.82 Å². The molecule has 0 N–H and O–H groups in total. The number of ether oxygens (including phenoxy) is 1. The lowest BCUT2D eigenvalue weighted by atomic mass is 10.3. The number of hydrogen-bond acceptors (Lipinski definition) is 4. The summed E-state index contributed by atoms with van der Waals surface area (Å²) in [5.74, 6) is 0.203. The first kappa shape index (κ1) is 10.6. The van der Waals surface area contributed by atoms with E-state index >= 15 is 0 Å². The summed E-state index contributed by atoms with van der Waals surface area (Å²) in [6.45, 7) is 0. The predicted molar refractivity (Wildman–Crippen MR) is 57.7 cm³/mol. The fraction of sp³-hybridized carbons (Fsp3) is 0.100. The highest BCUT2D eigenvalue weighted by molar-refractivity contribution is 6.28. The summed E-state index contributed by atoms with van der Waals surface area (Å²) in [6.07, 6.45) is 4.86. The summed E-state index contributed by atoms with van der Waals surface area (Å²) in [5, 5.41) is 0.158. The van der Waals surface area contributed by atoms with Gasteiger partial charge in [-0.15, -0.1) is 0 Å². The van der Waals surface area contributed by atoms with E-state index in [4.69, 9.17) is 11.6 Å². The molecule has 0 aromatic carbocycles. The van der Waals surface area contributed by atoms with Crippen molar-refractivity contribution >= 4 is 17.6 Å². The first-order valence-electron chi connectivity index (χ1n) is 4.46. The minimum Gasteiger partial charge on any atom is -0.465 e. The molecule has 0 atom stereocenters. The maximum Gasteiger partial charge on any atom is 0.339 e. The van der Waals surface area contributed by atoms with E-state index in [9.17, 15) is 4.79 Å². The van der Waals surface area contributed by atoms with Gasteiger partial charge in [0.1, 0.15) is 5.82 Å². The molecule has 2 aromatic heterocycles. The van der Waals surface area contributed by atoms with Crippen molar-refractivity contribution in [3.63, 3.8) is 0 Å². The van der Waals surface area contributed by atoms with E-state index in [-0.39, 0.29) is 11.3 Å². The summed E-state index contributed by atoms with van der Waals surface area (Å²) in [5.41, 5.74) is 0.456. The molecule has 16 heavy (non-hydrogen) atoms. The molecule has 0 spiro atoms. The van der Waals surface area contributed by atoms with Crippen molar-refractivity contribution in [2.45, 2.75) is 0 Å². The second kappa shape index (κ2) is 4.32. The SMILES string of the molecule is COC(=O)c1ccn(-c2ccnc(Cl)n2)c1. The van der Waals surface area contributed by atoms with Crippen LogP contribution in [0.2, 0.25) is 5.28 Å². The average Bonchev–Trinajstić information content (AvgIpc) is 2.77. The van der Waals surface area contributed by atoms with Gasteiger partial charge in [-0.25, -0.2) is 9.78 Å². The van der Waals surface area contributed by atoms with Crippen LogP contribution in [-0.2, 0) is 4.74 Å². The molecular weight excluding hydrogens is 230 g/mol. The quantitative estimate of drug-likeness (QED) is 0.589. The number of rotatable bonds is 2. The second-order valence-electron chi connectivity index (χ2n) is 2.98. The van der Waals surface area contributed by atoms with E-state index in [0.717, 1.165) is 0 Å². The van der Waals surface area contributed by atoms with E-state index in [0.29, 0.717) is 11.4 Å². The van der Waals surface area contributed by atoms with Crippen molar-refractivity contribution in [3.05, 3.63) is 41.6 Å². The standard InChI is InChI=1S/C10H8ClN3O2/c1-16-9(15)7-3-5-14(6-7)8-2-4-12-10(11)13-8/h2-6H,1H3. The van der Waals surface area contributed by atoms with Crippen molar-refractivity contribution in [1.29, 1.82) is 0 Å². The van der Waals surface area contributed by atoms with E-state index in [1.807, 2.05) is 0 Å². The van der Waals surface area contributed by atoms with Gasteiger partial charge in [0, 0.05) is 18.6 Å². The number of methoxy groups -OCH3 is 1. The Balaban J connectivity index is 2.35. The molecule has 0 bridgehead atoms. The number of halogens is 1. The van der Waals surface area contributed by atoms with Gasteiger partial charge in [0.25, 0.3) is 0 Å². The molecule has 6 heteroatoms. The summed E-state index contributed by atoms with van der Waals surface area (Å²) in [4.78, 5) is 19.0. The van der Waals surface area contributed by atoms with Crippen LogP contribution in [0.5, 0.6) is 0 Å². The number of nitrogens with zero attached hydrogens (tertiary/aromatic N) is 3. The molecule has 0 aliphatic heterocycles. The Labute approximate surface area is 96.7 Å². The van der Waals surface area contributed by atoms with Crippen LogP contribution in [0.15, 0.2) is 30.7 Å². The van der Waals surface area contributed by atoms with Gasteiger partial charge in [-0.3, -0.25) is 0 Å². The van der Waals surface area contributed by atoms with Crippen molar-refractivity contribution in [1.82, 2.24) is 14.5 Å². The molecule has 2 rings (SSSR count). The van der Waals surface area contributed by atoms with Crippen LogP contribution in [0, 0.1) is 0 Å². The largest absolute Gasteiger partial charge is 0.465 e. The van der Waals surface area contributed by atoms with Gasteiger partial charge < -0.3 is 9.30 Å². The van der Waals surface area contributed by atoms with Gasteiger partial charge in [0.2, 0.25) is 5.28 Å². The molecule has 0 fully saturated rings. The number of aromatic nitrogens is 3. The highest BCUT2D eigenvalue weighted by Gasteiger charge is 2.08. The number of carbonyl (C=O) groups is 1. The Morgan fingerprint density at radius 2 is 2.31 bits per heavy atom. The Morgan fingerprint density at radius 1 is 1.50 bits per heavy atom. The third-order valence-electron chi connectivity index (χ3n) is 1.99. The second-order valence-corrected chi connectivity index (χ2v) is 3.32. The Bertz CT molecular complexity index is 524. The fourth-order valence-electron chi connectivity index (χ4n) is 1.25. The molecule has 2 heterocycles. The smallest absolute Gasteiger partial charge is 0.339 e. The minimum absolute atomic E-state index is 0.158. The van der Waals surface area contributed by atoms with E-state index < -0.39 is 0 Å². The zero-order valence-electron chi connectivity index (χ0n) is 8.42. The molecule has 0 aliphatic carbocycles. The van der Waals surface area contributed by atoms with E-state index in [2.05, 4.69) is 14.7 Å². The molecule has 0 amide bonds. The molecule has 0 unspecified atom stereocenters. The maximum atomic E-state index is 11.2. The Kier molecular flexibility index (Phi) is 2.87. The molecule has 0 saturated heterocycles. The van der Waals surface area contributed by atoms with Crippen LogP contribution in [0.3, 0.4) is 0 Å². The molecule has 2 aromatic rings. The van der Waals surface area contributed by atoms with Crippen LogP contribution in [0.1, 0.15) is 10.4 Å². The first-order chi connectivity index (χ1) is 7.70. The van der Waals surface area contributed by atoms with Crippen molar-refractivity contribution < 1.29 is 9.53 Å². The first-order valence-corrected chi connectivity index (χ1v) is 4.84. The van der Waals surface area contributed by atoms with Crippen molar-refractivity contribution in [2.24, 2.45) is 0 Å². The lowest BCUT2D eigenvalue weighted by Crippen LogP contribution is -2.00. The normalized spacial score (nSPS) is 10.1. The number of esters is 1. The maximum absolute atomic E-state index is 11.2. The fourth-order valence-corrected chi connectivity index (χ4v) is 1.39. The molecule has 5 nitrogen and oxygen atoms in total.